The Balaban J connectivity index is 2.71. The van der Waals surface area contributed by atoms with Crippen molar-refractivity contribution in [1.82, 2.24) is 9.97 Å². The topological polar surface area (TPSA) is 73.1 Å². The van der Waals surface area contributed by atoms with Crippen molar-refractivity contribution in [3.63, 3.8) is 0 Å². The second-order valence-electron chi connectivity index (χ2n) is 3.17. The van der Waals surface area contributed by atoms with E-state index in [1.807, 2.05) is 13.2 Å². The number of hydrogen-bond donors (Lipinski definition) is 2. The van der Waals surface area contributed by atoms with Gasteiger partial charge in [-0.15, -0.1) is 0 Å². The number of thioether (sulfide) groups is 1. The summed E-state index contributed by atoms with van der Waals surface area (Å²) in [5.74, 6) is 1.21. The Labute approximate surface area is 93.8 Å². The van der Waals surface area contributed by atoms with Gasteiger partial charge in [-0.25, -0.2) is 9.97 Å². The van der Waals surface area contributed by atoms with E-state index in [0.29, 0.717) is 17.6 Å². The van der Waals surface area contributed by atoms with Gasteiger partial charge in [-0.05, 0) is 13.2 Å². The molecule has 0 spiro atoms. The minimum absolute atomic E-state index is 0.194. The lowest BCUT2D eigenvalue weighted by Crippen LogP contribution is -2.21. The molecule has 1 unspecified atom stereocenters. The van der Waals surface area contributed by atoms with Gasteiger partial charge in [0.05, 0.1) is 6.61 Å². The fraction of sp³-hybridized carbons (Fsp3) is 0.556. The lowest BCUT2D eigenvalue weighted by atomic mass is 10.3. The summed E-state index contributed by atoms with van der Waals surface area (Å²) in [6, 6.07) is 1.91. The number of nitrogens with two attached hydrogens (primary N) is 1. The third kappa shape index (κ3) is 3.93. The van der Waals surface area contributed by atoms with Crippen molar-refractivity contribution in [1.29, 1.82) is 0 Å². The van der Waals surface area contributed by atoms with Gasteiger partial charge in [0.15, 0.2) is 5.16 Å². The van der Waals surface area contributed by atoms with Gasteiger partial charge in [-0.3, -0.25) is 0 Å². The van der Waals surface area contributed by atoms with Crippen LogP contribution in [0, 0.1) is 0 Å². The maximum Gasteiger partial charge on any atom is 0.191 e. The standard InChI is InChI=1S/C9H16N4OS/c1-6(5-14-2)11-8-4-7(10)12-9(13-8)15-3/h4,6H,5H2,1-3H3,(H3,10,11,12,13). The highest BCUT2D eigenvalue weighted by Crippen LogP contribution is 2.15. The maximum atomic E-state index is 5.65. The van der Waals surface area contributed by atoms with E-state index in [2.05, 4.69) is 15.3 Å². The molecule has 1 aromatic heterocycles. The van der Waals surface area contributed by atoms with Crippen LogP contribution in [-0.2, 0) is 4.74 Å². The van der Waals surface area contributed by atoms with E-state index in [9.17, 15) is 0 Å². The van der Waals surface area contributed by atoms with Crippen molar-refractivity contribution in [3.8, 4) is 0 Å². The van der Waals surface area contributed by atoms with Gasteiger partial charge >= 0.3 is 0 Å². The average molecular weight is 228 g/mol. The predicted octanol–water partition coefficient (Wildman–Crippen LogP) is 1.23. The molecule has 0 amide bonds. The van der Waals surface area contributed by atoms with Gasteiger partial charge in [0.2, 0.25) is 0 Å². The van der Waals surface area contributed by atoms with Crippen molar-refractivity contribution < 1.29 is 4.74 Å². The Morgan fingerprint density at radius 1 is 1.60 bits per heavy atom. The number of hydrogen-bond acceptors (Lipinski definition) is 6. The fourth-order valence-electron chi connectivity index (χ4n) is 1.15. The molecule has 3 N–H and O–H groups in total. The summed E-state index contributed by atoms with van der Waals surface area (Å²) in [4.78, 5) is 8.34. The summed E-state index contributed by atoms with van der Waals surface area (Å²) in [5.41, 5.74) is 5.65. The number of nitrogens with zero attached hydrogens (tertiary/aromatic N) is 2. The molecule has 5 nitrogen and oxygen atoms in total. The summed E-state index contributed by atoms with van der Waals surface area (Å²) in [7, 11) is 1.67. The molecule has 1 heterocycles. The van der Waals surface area contributed by atoms with Crippen molar-refractivity contribution in [2.75, 3.05) is 31.0 Å². The van der Waals surface area contributed by atoms with E-state index in [4.69, 9.17) is 10.5 Å². The van der Waals surface area contributed by atoms with Gasteiger partial charge < -0.3 is 15.8 Å². The summed E-state index contributed by atoms with van der Waals surface area (Å²) in [6.07, 6.45) is 1.91. The molecule has 0 radical (unpaired) electrons. The van der Waals surface area contributed by atoms with Crippen LogP contribution in [-0.4, -0.2) is 36.0 Å². The van der Waals surface area contributed by atoms with Crippen LogP contribution < -0.4 is 11.1 Å². The molecule has 1 rings (SSSR count). The van der Waals surface area contributed by atoms with E-state index >= 15 is 0 Å². The third-order valence-electron chi connectivity index (χ3n) is 1.72. The molecular formula is C9H16N4OS. The van der Waals surface area contributed by atoms with Crippen LogP contribution in [0.2, 0.25) is 0 Å². The van der Waals surface area contributed by atoms with E-state index in [1.165, 1.54) is 11.8 Å². The molecule has 0 saturated heterocycles. The molecule has 1 aromatic rings. The number of methoxy groups -OCH3 is 1. The molecule has 0 aliphatic carbocycles. The Morgan fingerprint density at radius 3 is 2.93 bits per heavy atom. The molecule has 0 saturated carbocycles. The van der Waals surface area contributed by atoms with Gasteiger partial charge in [-0.1, -0.05) is 11.8 Å². The Bertz CT molecular complexity index is 321. The van der Waals surface area contributed by atoms with Crippen molar-refractivity contribution >= 4 is 23.4 Å². The molecule has 0 bridgehead atoms. The molecule has 0 aliphatic rings. The molecule has 0 aromatic carbocycles. The second-order valence-corrected chi connectivity index (χ2v) is 3.94. The van der Waals surface area contributed by atoms with Crippen LogP contribution in [0.3, 0.4) is 0 Å². The van der Waals surface area contributed by atoms with E-state index < -0.39 is 0 Å². The molecule has 15 heavy (non-hydrogen) atoms. The summed E-state index contributed by atoms with van der Waals surface area (Å²) in [6.45, 7) is 2.64. The first-order chi connectivity index (χ1) is 7.15. The number of nitrogen functional groups attached to an aromatic ring is 1. The molecule has 84 valence electrons. The number of ether oxygens (including phenoxy) is 1. The zero-order chi connectivity index (χ0) is 11.3. The first kappa shape index (κ1) is 12.1. The first-order valence-corrected chi connectivity index (χ1v) is 5.82. The van der Waals surface area contributed by atoms with Crippen molar-refractivity contribution in [2.45, 2.75) is 18.1 Å². The van der Waals surface area contributed by atoms with Gasteiger partial charge in [-0.2, -0.15) is 0 Å². The zero-order valence-electron chi connectivity index (χ0n) is 9.15. The van der Waals surface area contributed by atoms with Gasteiger partial charge in [0.25, 0.3) is 0 Å². The smallest absolute Gasteiger partial charge is 0.191 e. The van der Waals surface area contributed by atoms with E-state index in [-0.39, 0.29) is 6.04 Å². The van der Waals surface area contributed by atoms with Crippen LogP contribution in [0.15, 0.2) is 11.2 Å². The molecule has 1 atom stereocenters. The Hall–Kier alpha value is -1.01. The minimum atomic E-state index is 0.194. The van der Waals surface area contributed by atoms with Crippen LogP contribution in [0.1, 0.15) is 6.92 Å². The summed E-state index contributed by atoms with van der Waals surface area (Å²) in [5, 5.41) is 3.86. The highest BCUT2D eigenvalue weighted by molar-refractivity contribution is 7.98. The summed E-state index contributed by atoms with van der Waals surface area (Å²) < 4.78 is 5.02. The third-order valence-corrected chi connectivity index (χ3v) is 2.27. The number of rotatable bonds is 5. The predicted molar refractivity (Wildman–Crippen MR) is 63.2 cm³/mol. The molecule has 0 fully saturated rings. The zero-order valence-corrected chi connectivity index (χ0v) is 9.97. The van der Waals surface area contributed by atoms with Crippen LogP contribution in [0.4, 0.5) is 11.6 Å². The number of aromatic nitrogens is 2. The number of nitrogens with one attached hydrogen (secondary N) is 1. The SMILES string of the molecule is COCC(C)Nc1cc(N)nc(SC)n1. The van der Waals surface area contributed by atoms with Crippen molar-refractivity contribution in [2.24, 2.45) is 0 Å². The monoisotopic (exact) mass is 228 g/mol. The molecule has 6 heteroatoms. The molecular weight excluding hydrogens is 212 g/mol. The largest absolute Gasteiger partial charge is 0.383 e. The van der Waals surface area contributed by atoms with Crippen molar-refractivity contribution in [3.05, 3.63) is 6.07 Å². The molecule has 0 aliphatic heterocycles. The summed E-state index contributed by atoms with van der Waals surface area (Å²) >= 11 is 1.46. The number of anilines is 2. The average Bonchev–Trinajstić information content (AvgIpc) is 2.17. The maximum absolute atomic E-state index is 5.65. The Morgan fingerprint density at radius 2 is 2.33 bits per heavy atom. The lowest BCUT2D eigenvalue weighted by Gasteiger charge is -2.13. The first-order valence-electron chi connectivity index (χ1n) is 4.59. The Kier molecular flexibility index (Phi) is 4.64. The quantitative estimate of drug-likeness (QED) is 0.583. The van der Waals surface area contributed by atoms with Gasteiger partial charge in [0, 0.05) is 19.2 Å². The highest BCUT2D eigenvalue weighted by Gasteiger charge is 2.05. The highest BCUT2D eigenvalue weighted by atomic mass is 32.2. The van der Waals surface area contributed by atoms with E-state index in [0.717, 1.165) is 5.82 Å². The van der Waals surface area contributed by atoms with Crippen LogP contribution in [0.5, 0.6) is 0 Å². The van der Waals surface area contributed by atoms with Gasteiger partial charge in [0.1, 0.15) is 11.6 Å². The van der Waals surface area contributed by atoms with Crippen LogP contribution >= 0.6 is 11.8 Å². The second kappa shape index (κ2) is 5.77. The normalized spacial score (nSPS) is 12.5. The lowest BCUT2D eigenvalue weighted by molar-refractivity contribution is 0.190. The van der Waals surface area contributed by atoms with Crippen LogP contribution in [0.25, 0.3) is 0 Å². The van der Waals surface area contributed by atoms with E-state index in [1.54, 1.807) is 13.2 Å². The fourth-order valence-corrected chi connectivity index (χ4v) is 1.54. The minimum Gasteiger partial charge on any atom is -0.383 e.